The fourth-order valence-corrected chi connectivity index (χ4v) is 3.91. The third-order valence-corrected chi connectivity index (χ3v) is 5.65. The number of carbonyl (C=O) groups is 2. The highest BCUT2D eigenvalue weighted by Gasteiger charge is 2.18. The molecule has 0 aromatic heterocycles. The molecule has 1 aliphatic rings. The molecule has 1 atom stereocenters. The first-order valence-corrected chi connectivity index (χ1v) is 10.9. The van der Waals surface area contributed by atoms with E-state index in [1.165, 1.54) is 11.8 Å². The van der Waals surface area contributed by atoms with Gasteiger partial charge in [-0.25, -0.2) is 0 Å². The number of para-hydroxylation sites is 1. The van der Waals surface area contributed by atoms with Gasteiger partial charge in [-0.1, -0.05) is 24.3 Å². The molecule has 3 aromatic carbocycles. The van der Waals surface area contributed by atoms with Crippen LogP contribution in [0.3, 0.4) is 0 Å². The van der Waals surface area contributed by atoms with Crippen molar-refractivity contribution in [3.8, 4) is 17.2 Å². The quantitative estimate of drug-likeness (QED) is 0.490. The molecule has 3 aromatic rings. The molecule has 2 N–H and O–H groups in total. The Morgan fingerprint density at radius 1 is 0.938 bits per heavy atom. The number of hydrogen-bond donors (Lipinski definition) is 2. The summed E-state index contributed by atoms with van der Waals surface area (Å²) in [5.41, 5.74) is 1.28. The lowest BCUT2D eigenvalue weighted by Crippen LogP contribution is -2.22. The molecule has 0 bridgehead atoms. The molecule has 0 aliphatic carbocycles. The highest BCUT2D eigenvalue weighted by atomic mass is 32.2. The van der Waals surface area contributed by atoms with Crippen molar-refractivity contribution in [1.29, 1.82) is 0 Å². The molecule has 0 saturated heterocycles. The van der Waals surface area contributed by atoms with Crippen molar-refractivity contribution in [1.82, 2.24) is 0 Å². The maximum absolute atomic E-state index is 12.6. The zero-order chi connectivity index (χ0) is 22.3. The lowest BCUT2D eigenvalue weighted by atomic mass is 10.2. The first-order valence-electron chi connectivity index (χ1n) is 10.0. The summed E-state index contributed by atoms with van der Waals surface area (Å²) in [4.78, 5) is 25.7. The van der Waals surface area contributed by atoms with Gasteiger partial charge >= 0.3 is 0 Å². The highest BCUT2D eigenvalue weighted by molar-refractivity contribution is 8.00. The summed E-state index contributed by atoms with van der Waals surface area (Å²) >= 11 is 1.40. The first kappa shape index (κ1) is 21.6. The molecule has 0 saturated carbocycles. The van der Waals surface area contributed by atoms with Crippen LogP contribution in [0.5, 0.6) is 17.2 Å². The number of nitrogens with one attached hydrogen (secondary N) is 2. The number of fused-ring (bicyclic) bond motifs is 1. The summed E-state index contributed by atoms with van der Waals surface area (Å²) in [5, 5.41) is 5.35. The van der Waals surface area contributed by atoms with E-state index in [2.05, 4.69) is 10.6 Å². The molecule has 164 valence electrons. The second-order valence-electron chi connectivity index (χ2n) is 7.00. The summed E-state index contributed by atoms with van der Waals surface area (Å²) < 4.78 is 16.1. The van der Waals surface area contributed by atoms with Gasteiger partial charge in [0.05, 0.1) is 5.25 Å². The smallest absolute Gasteiger partial charge is 0.262 e. The van der Waals surface area contributed by atoms with Crippen LogP contribution in [0.4, 0.5) is 11.4 Å². The third kappa shape index (κ3) is 5.73. The molecule has 32 heavy (non-hydrogen) atoms. The van der Waals surface area contributed by atoms with Crippen LogP contribution >= 0.6 is 11.8 Å². The van der Waals surface area contributed by atoms with E-state index >= 15 is 0 Å². The van der Waals surface area contributed by atoms with Gasteiger partial charge in [-0.05, 0) is 49.4 Å². The molecular formula is C24H22N2O5S. The zero-order valence-corrected chi connectivity index (χ0v) is 18.2. The minimum absolute atomic E-state index is 0.0876. The van der Waals surface area contributed by atoms with Gasteiger partial charge in [0.1, 0.15) is 5.75 Å². The molecule has 2 amide bonds. The molecule has 1 unspecified atom stereocenters. The van der Waals surface area contributed by atoms with Gasteiger partial charge in [-0.3, -0.25) is 9.59 Å². The topological polar surface area (TPSA) is 85.9 Å². The Bertz CT molecular complexity index is 1110. The highest BCUT2D eigenvalue weighted by Crippen LogP contribution is 2.34. The van der Waals surface area contributed by atoms with Gasteiger partial charge in [0, 0.05) is 22.3 Å². The Kier molecular flexibility index (Phi) is 6.81. The molecule has 0 spiro atoms. The summed E-state index contributed by atoms with van der Waals surface area (Å²) in [6, 6.07) is 21.8. The van der Waals surface area contributed by atoms with E-state index in [9.17, 15) is 9.59 Å². The maximum Gasteiger partial charge on any atom is 0.262 e. The van der Waals surface area contributed by atoms with E-state index in [0.29, 0.717) is 28.6 Å². The Labute approximate surface area is 190 Å². The van der Waals surface area contributed by atoms with Crippen LogP contribution in [0.2, 0.25) is 0 Å². The van der Waals surface area contributed by atoms with E-state index in [-0.39, 0.29) is 30.5 Å². The van der Waals surface area contributed by atoms with Gasteiger partial charge < -0.3 is 24.8 Å². The maximum atomic E-state index is 12.6. The van der Waals surface area contributed by atoms with Crippen LogP contribution in [-0.4, -0.2) is 30.5 Å². The second-order valence-corrected chi connectivity index (χ2v) is 8.41. The number of thioether (sulfide) groups is 1. The lowest BCUT2D eigenvalue weighted by Gasteiger charge is -2.13. The number of amides is 2. The average molecular weight is 451 g/mol. The van der Waals surface area contributed by atoms with Crippen LogP contribution in [-0.2, 0) is 9.59 Å². The van der Waals surface area contributed by atoms with E-state index in [1.54, 1.807) is 36.4 Å². The van der Waals surface area contributed by atoms with Crippen LogP contribution in [0, 0.1) is 0 Å². The van der Waals surface area contributed by atoms with Crippen molar-refractivity contribution in [2.45, 2.75) is 17.1 Å². The predicted molar refractivity (Wildman–Crippen MR) is 124 cm³/mol. The monoisotopic (exact) mass is 450 g/mol. The van der Waals surface area contributed by atoms with Gasteiger partial charge in [0.25, 0.3) is 5.91 Å². The third-order valence-electron chi connectivity index (χ3n) is 4.55. The van der Waals surface area contributed by atoms with E-state index in [0.717, 1.165) is 4.90 Å². The Hall–Kier alpha value is -3.65. The minimum atomic E-state index is -0.354. The van der Waals surface area contributed by atoms with Gasteiger partial charge in [-0.15, -0.1) is 11.8 Å². The van der Waals surface area contributed by atoms with E-state index < -0.39 is 0 Å². The number of hydrogen-bond acceptors (Lipinski definition) is 6. The van der Waals surface area contributed by atoms with Crippen molar-refractivity contribution < 1.29 is 23.8 Å². The van der Waals surface area contributed by atoms with Crippen LogP contribution in [0.25, 0.3) is 0 Å². The van der Waals surface area contributed by atoms with E-state index in [4.69, 9.17) is 14.2 Å². The number of anilines is 2. The number of rotatable bonds is 8. The molecule has 1 heterocycles. The summed E-state index contributed by atoms with van der Waals surface area (Å²) in [6.45, 7) is 1.92. The normalized spacial score (nSPS) is 12.7. The molecule has 0 radical (unpaired) electrons. The number of carbonyl (C=O) groups excluding carboxylic acids is 2. The van der Waals surface area contributed by atoms with Gasteiger partial charge in [-0.2, -0.15) is 0 Å². The molecule has 8 heteroatoms. The second kappa shape index (κ2) is 10.1. The SMILES string of the molecule is CC(Sc1cccc(NC(=O)COc2ccccc2)c1)C(=O)Nc1ccc2c(c1)OCO2. The summed E-state index contributed by atoms with van der Waals surface area (Å²) in [5.74, 6) is 1.51. The largest absolute Gasteiger partial charge is 0.484 e. The summed E-state index contributed by atoms with van der Waals surface area (Å²) in [7, 11) is 0. The van der Waals surface area contributed by atoms with Crippen molar-refractivity contribution in [2.75, 3.05) is 24.0 Å². The fraction of sp³-hybridized carbons (Fsp3) is 0.167. The Morgan fingerprint density at radius 2 is 1.72 bits per heavy atom. The average Bonchev–Trinajstić information content (AvgIpc) is 3.26. The van der Waals surface area contributed by atoms with Gasteiger partial charge in [0.2, 0.25) is 12.7 Å². The zero-order valence-electron chi connectivity index (χ0n) is 17.4. The van der Waals surface area contributed by atoms with Crippen molar-refractivity contribution >= 4 is 35.0 Å². The molecular weight excluding hydrogens is 428 g/mol. The molecule has 7 nitrogen and oxygen atoms in total. The Balaban J connectivity index is 1.29. The van der Waals surface area contributed by atoms with Gasteiger partial charge in [0.15, 0.2) is 18.1 Å². The first-order chi connectivity index (χ1) is 15.6. The number of ether oxygens (including phenoxy) is 3. The van der Waals surface area contributed by atoms with Crippen LogP contribution in [0.15, 0.2) is 77.7 Å². The molecule has 1 aliphatic heterocycles. The lowest BCUT2D eigenvalue weighted by molar-refractivity contribution is -0.118. The minimum Gasteiger partial charge on any atom is -0.484 e. The van der Waals surface area contributed by atoms with Crippen molar-refractivity contribution in [3.05, 3.63) is 72.8 Å². The van der Waals surface area contributed by atoms with Crippen LogP contribution in [0.1, 0.15) is 6.92 Å². The molecule has 4 rings (SSSR count). The number of benzene rings is 3. The van der Waals surface area contributed by atoms with E-state index in [1.807, 2.05) is 43.3 Å². The Morgan fingerprint density at radius 3 is 2.56 bits per heavy atom. The fourth-order valence-electron chi connectivity index (χ4n) is 2.99. The predicted octanol–water partition coefficient (Wildman–Crippen LogP) is 4.55. The van der Waals surface area contributed by atoms with Crippen molar-refractivity contribution in [2.24, 2.45) is 0 Å². The standard InChI is InChI=1S/C24H22N2O5S/c1-16(24(28)26-18-10-11-21-22(13-18)31-15-30-21)32-20-9-5-6-17(12-20)25-23(27)14-29-19-7-3-2-4-8-19/h2-13,16H,14-15H2,1H3,(H,25,27)(H,26,28). The summed E-state index contributed by atoms with van der Waals surface area (Å²) in [6.07, 6.45) is 0. The molecule has 0 fully saturated rings. The van der Waals surface area contributed by atoms with Crippen molar-refractivity contribution in [3.63, 3.8) is 0 Å². The van der Waals surface area contributed by atoms with Crippen LogP contribution < -0.4 is 24.8 Å².